The first-order chi connectivity index (χ1) is 13.4. The summed E-state index contributed by atoms with van der Waals surface area (Å²) >= 11 is 0. The lowest BCUT2D eigenvalue weighted by atomic mass is 10.2. The van der Waals surface area contributed by atoms with E-state index in [0.717, 1.165) is 6.07 Å². The van der Waals surface area contributed by atoms with E-state index in [9.17, 15) is 19.3 Å². The number of nitrogens with zero attached hydrogens (tertiary/aromatic N) is 3. The minimum absolute atomic E-state index is 0.0236. The molecule has 1 atom stereocenters. The SMILES string of the molecule is COc1ccc(C(=O)O[C@H](C)c2nnc(-c3ccc(F)cc3)o2)cc1[N+](=O)[O-]. The van der Waals surface area contributed by atoms with Gasteiger partial charge >= 0.3 is 11.7 Å². The second-order valence-electron chi connectivity index (χ2n) is 5.64. The molecule has 28 heavy (non-hydrogen) atoms. The zero-order chi connectivity index (χ0) is 20.3. The molecule has 9 nitrogen and oxygen atoms in total. The van der Waals surface area contributed by atoms with Crippen LogP contribution in [-0.4, -0.2) is 28.2 Å². The van der Waals surface area contributed by atoms with E-state index in [2.05, 4.69) is 10.2 Å². The van der Waals surface area contributed by atoms with Crippen molar-refractivity contribution in [1.82, 2.24) is 10.2 Å². The highest BCUT2D eigenvalue weighted by Gasteiger charge is 2.23. The predicted molar refractivity (Wildman–Crippen MR) is 93.2 cm³/mol. The molecule has 0 N–H and O–H groups in total. The first-order valence-corrected chi connectivity index (χ1v) is 8.01. The topological polar surface area (TPSA) is 118 Å². The van der Waals surface area contributed by atoms with Crippen molar-refractivity contribution in [2.24, 2.45) is 0 Å². The van der Waals surface area contributed by atoms with Gasteiger partial charge in [0.05, 0.1) is 17.6 Å². The summed E-state index contributed by atoms with van der Waals surface area (Å²) in [5.74, 6) is -1.02. The molecule has 3 aromatic rings. The van der Waals surface area contributed by atoms with Gasteiger partial charge in [0.2, 0.25) is 5.89 Å². The molecule has 0 aliphatic rings. The fourth-order valence-corrected chi connectivity index (χ4v) is 2.35. The van der Waals surface area contributed by atoms with Gasteiger partial charge in [-0.25, -0.2) is 9.18 Å². The Kier molecular flexibility index (Phi) is 5.30. The summed E-state index contributed by atoms with van der Waals surface area (Å²) in [6.45, 7) is 1.51. The van der Waals surface area contributed by atoms with Gasteiger partial charge in [-0.15, -0.1) is 10.2 Å². The van der Waals surface area contributed by atoms with E-state index in [1.54, 1.807) is 0 Å². The van der Waals surface area contributed by atoms with Crippen LogP contribution in [0.5, 0.6) is 5.75 Å². The largest absolute Gasteiger partial charge is 0.490 e. The number of nitro benzene ring substituents is 1. The molecule has 1 aromatic heterocycles. The van der Waals surface area contributed by atoms with Gasteiger partial charge in [0, 0.05) is 11.6 Å². The van der Waals surface area contributed by atoms with Gasteiger partial charge in [-0.05, 0) is 43.3 Å². The third-order valence-electron chi connectivity index (χ3n) is 3.77. The quantitative estimate of drug-likeness (QED) is 0.357. The zero-order valence-electron chi connectivity index (χ0n) is 14.8. The van der Waals surface area contributed by atoms with E-state index in [1.165, 1.54) is 50.4 Å². The molecule has 2 aromatic carbocycles. The number of esters is 1. The lowest BCUT2D eigenvalue weighted by Gasteiger charge is -2.10. The molecule has 0 saturated heterocycles. The van der Waals surface area contributed by atoms with Gasteiger partial charge in [0.15, 0.2) is 11.9 Å². The van der Waals surface area contributed by atoms with Crippen LogP contribution in [0, 0.1) is 15.9 Å². The number of halogens is 1. The zero-order valence-corrected chi connectivity index (χ0v) is 14.8. The lowest BCUT2D eigenvalue weighted by molar-refractivity contribution is -0.385. The molecule has 0 spiro atoms. The maximum Gasteiger partial charge on any atom is 0.339 e. The molecular formula is C18H14FN3O6. The van der Waals surface area contributed by atoms with Crippen molar-refractivity contribution in [3.05, 3.63) is 69.9 Å². The smallest absolute Gasteiger partial charge is 0.339 e. The van der Waals surface area contributed by atoms with Crippen molar-refractivity contribution >= 4 is 11.7 Å². The Morgan fingerprint density at radius 2 is 1.93 bits per heavy atom. The van der Waals surface area contributed by atoms with E-state index >= 15 is 0 Å². The summed E-state index contributed by atoms with van der Waals surface area (Å²) in [6, 6.07) is 9.15. The van der Waals surface area contributed by atoms with E-state index < -0.39 is 22.8 Å². The highest BCUT2D eigenvalue weighted by molar-refractivity contribution is 5.90. The van der Waals surface area contributed by atoms with Crippen molar-refractivity contribution in [2.45, 2.75) is 13.0 Å². The first-order valence-electron chi connectivity index (χ1n) is 8.01. The number of aromatic nitrogens is 2. The maximum absolute atomic E-state index is 13.0. The van der Waals surface area contributed by atoms with Gasteiger partial charge in [0.1, 0.15) is 5.82 Å². The number of methoxy groups -OCH3 is 1. The molecule has 0 fully saturated rings. The molecule has 0 aliphatic heterocycles. The standard InChI is InChI=1S/C18H14FN3O6/c1-10(16-20-21-17(28-16)11-3-6-13(19)7-4-11)27-18(23)12-5-8-15(26-2)14(9-12)22(24)25/h3-10H,1-2H3/t10-/m1/s1. The fraction of sp³-hybridized carbons (Fsp3) is 0.167. The first kappa shape index (κ1) is 19.0. The molecule has 0 saturated carbocycles. The van der Waals surface area contributed by atoms with E-state index in [-0.39, 0.29) is 28.8 Å². The molecule has 0 bridgehead atoms. The van der Waals surface area contributed by atoms with E-state index in [1.807, 2.05) is 0 Å². The maximum atomic E-state index is 13.0. The summed E-state index contributed by atoms with van der Waals surface area (Å²) in [4.78, 5) is 22.7. The number of carbonyl (C=O) groups is 1. The number of benzene rings is 2. The Morgan fingerprint density at radius 1 is 1.21 bits per heavy atom. The van der Waals surface area contributed by atoms with E-state index in [0.29, 0.717) is 5.56 Å². The van der Waals surface area contributed by atoms with Crippen LogP contribution < -0.4 is 4.74 Å². The number of hydrogen-bond acceptors (Lipinski definition) is 8. The van der Waals surface area contributed by atoms with Crippen LogP contribution >= 0.6 is 0 Å². The van der Waals surface area contributed by atoms with Crippen molar-refractivity contribution in [3.63, 3.8) is 0 Å². The molecule has 0 radical (unpaired) electrons. The molecular weight excluding hydrogens is 373 g/mol. The number of carbonyl (C=O) groups excluding carboxylic acids is 1. The predicted octanol–water partition coefficient (Wildman–Crippen LogP) is 3.71. The Morgan fingerprint density at radius 3 is 2.57 bits per heavy atom. The van der Waals surface area contributed by atoms with Crippen molar-refractivity contribution in [3.8, 4) is 17.2 Å². The summed E-state index contributed by atoms with van der Waals surface area (Å²) < 4.78 is 28.6. The van der Waals surface area contributed by atoms with Gasteiger partial charge in [-0.2, -0.15) is 0 Å². The normalized spacial score (nSPS) is 11.7. The molecule has 0 aliphatic carbocycles. The Hall–Kier alpha value is -3.82. The Labute approximate surface area is 157 Å². The summed E-state index contributed by atoms with van der Waals surface area (Å²) in [5.41, 5.74) is 0.114. The van der Waals surface area contributed by atoms with Crippen LogP contribution in [0.4, 0.5) is 10.1 Å². The second kappa shape index (κ2) is 7.82. The highest BCUT2D eigenvalue weighted by Crippen LogP contribution is 2.29. The van der Waals surface area contributed by atoms with Crippen LogP contribution in [0.1, 0.15) is 29.3 Å². The van der Waals surface area contributed by atoms with Gasteiger partial charge < -0.3 is 13.9 Å². The monoisotopic (exact) mass is 387 g/mol. The van der Waals surface area contributed by atoms with Gasteiger partial charge in [-0.3, -0.25) is 10.1 Å². The van der Waals surface area contributed by atoms with Gasteiger partial charge in [0.25, 0.3) is 5.89 Å². The number of hydrogen-bond donors (Lipinski definition) is 0. The summed E-state index contributed by atoms with van der Waals surface area (Å²) in [6.07, 6.45) is -0.907. The van der Waals surface area contributed by atoms with Crippen LogP contribution in [0.2, 0.25) is 0 Å². The Bertz CT molecular complexity index is 1020. The van der Waals surface area contributed by atoms with Crippen molar-refractivity contribution in [2.75, 3.05) is 7.11 Å². The average molecular weight is 387 g/mol. The van der Waals surface area contributed by atoms with Crippen LogP contribution in [0.15, 0.2) is 46.9 Å². The summed E-state index contributed by atoms with van der Waals surface area (Å²) in [5, 5.41) is 18.7. The van der Waals surface area contributed by atoms with Gasteiger partial charge in [-0.1, -0.05) is 0 Å². The summed E-state index contributed by atoms with van der Waals surface area (Å²) in [7, 11) is 1.29. The highest BCUT2D eigenvalue weighted by atomic mass is 19.1. The second-order valence-corrected chi connectivity index (χ2v) is 5.64. The third-order valence-corrected chi connectivity index (χ3v) is 3.77. The fourth-order valence-electron chi connectivity index (χ4n) is 2.35. The molecule has 1 heterocycles. The molecule has 0 unspecified atom stereocenters. The minimum atomic E-state index is -0.907. The van der Waals surface area contributed by atoms with Crippen LogP contribution in [0.3, 0.4) is 0 Å². The third kappa shape index (κ3) is 3.95. The molecule has 0 amide bonds. The van der Waals surface area contributed by atoms with Crippen molar-refractivity contribution in [1.29, 1.82) is 0 Å². The average Bonchev–Trinajstić information content (AvgIpc) is 3.18. The van der Waals surface area contributed by atoms with Crippen molar-refractivity contribution < 1.29 is 28.0 Å². The number of ether oxygens (including phenoxy) is 2. The number of nitro groups is 1. The molecule has 10 heteroatoms. The lowest BCUT2D eigenvalue weighted by Crippen LogP contribution is -2.10. The van der Waals surface area contributed by atoms with Crippen LogP contribution in [0.25, 0.3) is 11.5 Å². The van der Waals surface area contributed by atoms with Crippen LogP contribution in [-0.2, 0) is 4.74 Å². The Balaban J connectivity index is 1.75. The van der Waals surface area contributed by atoms with E-state index in [4.69, 9.17) is 13.9 Å². The molecule has 144 valence electrons. The molecule has 3 rings (SSSR count). The minimum Gasteiger partial charge on any atom is -0.490 e. The number of rotatable bonds is 6.